The molecule has 6 nitrogen and oxygen atoms in total. The Hall–Kier alpha value is -2.24. The summed E-state index contributed by atoms with van der Waals surface area (Å²) in [4.78, 5) is 29.0. The van der Waals surface area contributed by atoms with E-state index in [4.69, 9.17) is 0 Å². The average molecular weight is 280 g/mol. The van der Waals surface area contributed by atoms with Crippen LogP contribution in [-0.2, 0) is 16.1 Å². The van der Waals surface area contributed by atoms with Crippen LogP contribution in [0.25, 0.3) is 0 Å². The fourth-order valence-electron chi connectivity index (χ4n) is 1.58. The second-order valence-electron chi connectivity index (χ2n) is 4.22. The van der Waals surface area contributed by atoms with Crippen molar-refractivity contribution in [3.8, 4) is 0 Å². The number of rotatable bonds is 5. The van der Waals surface area contributed by atoms with Crippen LogP contribution in [0.15, 0.2) is 30.3 Å². The number of amides is 2. The van der Waals surface area contributed by atoms with Gasteiger partial charge in [0.25, 0.3) is 0 Å². The number of hydrogen-bond acceptors (Lipinski definition) is 4. The van der Waals surface area contributed by atoms with Crippen molar-refractivity contribution in [2.24, 2.45) is 0 Å². The third kappa shape index (κ3) is 5.60. The molecule has 0 unspecified atom stereocenters. The summed E-state index contributed by atoms with van der Waals surface area (Å²) < 4.78 is 4.33. The highest BCUT2D eigenvalue weighted by molar-refractivity contribution is 5.71. The fraction of sp³-hybridized carbons (Fsp3) is 0.429. The molecule has 0 aliphatic carbocycles. The lowest BCUT2D eigenvalue weighted by molar-refractivity contribution is 0.0463. The van der Waals surface area contributed by atoms with Gasteiger partial charge in [-0.1, -0.05) is 43.7 Å². The van der Waals surface area contributed by atoms with Gasteiger partial charge in [-0.2, -0.15) is 0 Å². The van der Waals surface area contributed by atoms with Crippen LogP contribution in [0.1, 0.15) is 25.3 Å². The second-order valence-corrected chi connectivity index (χ2v) is 4.22. The lowest BCUT2D eigenvalue weighted by atomic mass is 10.2. The summed E-state index contributed by atoms with van der Waals surface area (Å²) >= 11 is 0. The minimum atomic E-state index is -0.812. The number of nitrogens with one attached hydrogen (secondary N) is 1. The van der Waals surface area contributed by atoms with Crippen LogP contribution < -0.4 is 5.48 Å². The van der Waals surface area contributed by atoms with E-state index in [1.807, 2.05) is 42.7 Å². The van der Waals surface area contributed by atoms with Gasteiger partial charge in [0, 0.05) is 13.1 Å². The van der Waals surface area contributed by atoms with Crippen molar-refractivity contribution in [3.63, 3.8) is 0 Å². The molecule has 1 N–H and O–H groups in total. The summed E-state index contributed by atoms with van der Waals surface area (Å²) in [6.07, 6.45) is 0.407. The molecule has 2 amide bonds. The Morgan fingerprint density at radius 1 is 1.25 bits per heavy atom. The molecule has 0 spiro atoms. The van der Waals surface area contributed by atoms with Crippen LogP contribution in [0.4, 0.5) is 9.59 Å². The molecule has 110 valence electrons. The lowest BCUT2D eigenvalue weighted by Gasteiger charge is -2.21. The van der Waals surface area contributed by atoms with E-state index in [0.29, 0.717) is 13.1 Å². The Morgan fingerprint density at radius 2 is 1.95 bits per heavy atom. The molecule has 0 fully saturated rings. The maximum atomic E-state index is 11.9. The number of nitrogens with zero attached hydrogens (tertiary/aromatic N) is 1. The highest BCUT2D eigenvalue weighted by Gasteiger charge is 2.16. The number of unbranched alkanes of at least 4 members (excludes halogenated alkanes) is 1. The quantitative estimate of drug-likeness (QED) is 0.842. The zero-order chi connectivity index (χ0) is 14.8. The molecule has 20 heavy (non-hydrogen) atoms. The summed E-state index contributed by atoms with van der Waals surface area (Å²) in [6.45, 7) is 3.04. The first-order valence-electron chi connectivity index (χ1n) is 6.51. The molecular formula is C14H20N2O4. The van der Waals surface area contributed by atoms with Crippen molar-refractivity contribution in [2.45, 2.75) is 26.3 Å². The SMILES string of the molecule is CCCCN(Cc1ccccc1)C(=O)ONC(=O)OC. The van der Waals surface area contributed by atoms with Crippen molar-refractivity contribution in [3.05, 3.63) is 35.9 Å². The van der Waals surface area contributed by atoms with Crippen LogP contribution in [0.3, 0.4) is 0 Å². The topological polar surface area (TPSA) is 67.9 Å². The monoisotopic (exact) mass is 280 g/mol. The predicted molar refractivity (Wildman–Crippen MR) is 73.8 cm³/mol. The second kappa shape index (κ2) is 8.79. The molecule has 6 heteroatoms. The highest BCUT2D eigenvalue weighted by atomic mass is 16.7. The van der Waals surface area contributed by atoms with Gasteiger partial charge in [-0.05, 0) is 12.0 Å². The maximum absolute atomic E-state index is 11.9. The normalized spacial score (nSPS) is 9.70. The Bertz CT molecular complexity index is 422. The zero-order valence-electron chi connectivity index (χ0n) is 11.8. The van der Waals surface area contributed by atoms with Crippen LogP contribution in [0, 0.1) is 0 Å². The molecule has 0 aromatic heterocycles. The number of ether oxygens (including phenoxy) is 1. The molecule has 0 bridgehead atoms. The van der Waals surface area contributed by atoms with Gasteiger partial charge in [0.1, 0.15) is 0 Å². The van der Waals surface area contributed by atoms with E-state index in [0.717, 1.165) is 18.4 Å². The van der Waals surface area contributed by atoms with E-state index in [1.165, 1.54) is 12.0 Å². The molecule has 0 aliphatic rings. The van der Waals surface area contributed by atoms with Crippen molar-refractivity contribution >= 4 is 12.2 Å². The van der Waals surface area contributed by atoms with E-state index in [9.17, 15) is 9.59 Å². The van der Waals surface area contributed by atoms with Crippen LogP contribution in [0.2, 0.25) is 0 Å². The number of carbonyl (C=O) groups is 2. The highest BCUT2D eigenvalue weighted by Crippen LogP contribution is 2.07. The number of methoxy groups -OCH3 is 1. The first kappa shape index (κ1) is 15.8. The summed E-state index contributed by atoms with van der Waals surface area (Å²) in [6, 6.07) is 9.59. The Kier molecular flexibility index (Phi) is 6.95. The molecule has 0 heterocycles. The molecule has 1 aromatic carbocycles. The first-order chi connectivity index (χ1) is 9.67. The minimum Gasteiger partial charge on any atom is -0.451 e. The number of hydrogen-bond donors (Lipinski definition) is 1. The number of carbonyl (C=O) groups excluding carboxylic acids is 2. The van der Waals surface area contributed by atoms with Crippen molar-refractivity contribution < 1.29 is 19.2 Å². The van der Waals surface area contributed by atoms with E-state index in [1.54, 1.807) is 0 Å². The third-order valence-corrected chi connectivity index (χ3v) is 2.66. The summed E-state index contributed by atoms with van der Waals surface area (Å²) in [5, 5.41) is 0. The maximum Gasteiger partial charge on any atom is 0.440 e. The van der Waals surface area contributed by atoms with Crippen LogP contribution in [-0.4, -0.2) is 30.7 Å². The average Bonchev–Trinajstić information content (AvgIpc) is 2.49. The van der Waals surface area contributed by atoms with E-state index in [-0.39, 0.29) is 0 Å². The molecular weight excluding hydrogens is 260 g/mol. The van der Waals surface area contributed by atoms with Crippen molar-refractivity contribution in [1.29, 1.82) is 0 Å². The number of hydroxylamine groups is 1. The minimum absolute atomic E-state index is 0.433. The molecule has 0 saturated heterocycles. The molecule has 1 rings (SSSR count). The summed E-state index contributed by atoms with van der Waals surface area (Å²) in [5.74, 6) is 0. The fourth-order valence-corrected chi connectivity index (χ4v) is 1.58. The zero-order valence-corrected chi connectivity index (χ0v) is 11.8. The molecule has 0 saturated carbocycles. The predicted octanol–water partition coefficient (Wildman–Crippen LogP) is 2.70. The van der Waals surface area contributed by atoms with Gasteiger partial charge >= 0.3 is 12.2 Å². The van der Waals surface area contributed by atoms with Gasteiger partial charge in [0.15, 0.2) is 0 Å². The molecule has 0 aliphatic heterocycles. The van der Waals surface area contributed by atoms with Gasteiger partial charge in [0.05, 0.1) is 7.11 Å². The van der Waals surface area contributed by atoms with Gasteiger partial charge in [-0.15, -0.1) is 5.48 Å². The first-order valence-corrected chi connectivity index (χ1v) is 6.51. The van der Waals surface area contributed by atoms with Crippen molar-refractivity contribution in [2.75, 3.05) is 13.7 Å². The molecule has 1 aromatic rings. The van der Waals surface area contributed by atoms with Gasteiger partial charge < -0.3 is 14.5 Å². The lowest BCUT2D eigenvalue weighted by Crippen LogP contribution is -2.37. The third-order valence-electron chi connectivity index (χ3n) is 2.66. The van der Waals surface area contributed by atoms with E-state index < -0.39 is 12.2 Å². The summed E-state index contributed by atoms with van der Waals surface area (Å²) in [7, 11) is 1.20. The van der Waals surface area contributed by atoms with Gasteiger partial charge in [-0.25, -0.2) is 9.59 Å². The Labute approximate surface area is 118 Å². The van der Waals surface area contributed by atoms with Gasteiger partial charge in [0.2, 0.25) is 0 Å². The van der Waals surface area contributed by atoms with E-state index >= 15 is 0 Å². The molecule has 0 radical (unpaired) electrons. The van der Waals surface area contributed by atoms with Crippen molar-refractivity contribution in [1.82, 2.24) is 10.4 Å². The van der Waals surface area contributed by atoms with Crippen LogP contribution >= 0.6 is 0 Å². The standard InChI is InChI=1S/C14H20N2O4/c1-3-4-10-16(11-12-8-6-5-7-9-12)14(18)20-15-13(17)19-2/h5-9H,3-4,10-11H2,1-2H3,(H,15,17). The van der Waals surface area contributed by atoms with Crippen LogP contribution in [0.5, 0.6) is 0 Å². The summed E-state index contributed by atoms with van der Waals surface area (Å²) in [5.41, 5.74) is 2.92. The smallest absolute Gasteiger partial charge is 0.440 e. The largest absolute Gasteiger partial charge is 0.451 e. The van der Waals surface area contributed by atoms with Gasteiger partial charge in [-0.3, -0.25) is 0 Å². The van der Waals surface area contributed by atoms with E-state index in [2.05, 4.69) is 9.57 Å². The Balaban J connectivity index is 2.58. The number of benzene rings is 1. The Morgan fingerprint density at radius 3 is 2.55 bits per heavy atom. The molecule has 0 atom stereocenters.